The fraction of sp³-hybridized carbons (Fsp3) is 0.286. The van der Waals surface area contributed by atoms with E-state index in [1.165, 1.54) is 33.6 Å². The molecule has 0 unspecified atom stereocenters. The number of aromatic nitrogens is 5. The van der Waals surface area contributed by atoms with E-state index in [1.807, 2.05) is 57.2 Å². The van der Waals surface area contributed by atoms with E-state index < -0.39 is 5.91 Å². The first kappa shape index (κ1) is 27.7. The van der Waals surface area contributed by atoms with Crippen LogP contribution in [-0.4, -0.2) is 42.8 Å². The van der Waals surface area contributed by atoms with E-state index in [0.717, 1.165) is 16.9 Å². The van der Waals surface area contributed by atoms with Crippen LogP contribution < -0.4 is 16.4 Å². The lowest BCUT2D eigenvalue weighted by Gasteiger charge is -2.15. The molecule has 0 saturated carbocycles. The van der Waals surface area contributed by atoms with Crippen molar-refractivity contribution in [3.8, 4) is 0 Å². The summed E-state index contributed by atoms with van der Waals surface area (Å²) in [6, 6.07) is 15.1. The third-order valence-corrected chi connectivity index (χ3v) is 8.23. The van der Waals surface area contributed by atoms with E-state index in [-0.39, 0.29) is 28.1 Å². The Bertz CT molecular complexity index is 1800. The van der Waals surface area contributed by atoms with Crippen LogP contribution in [0.2, 0.25) is 0 Å². The minimum atomic E-state index is -0.538. The van der Waals surface area contributed by atoms with Gasteiger partial charge in [0.05, 0.1) is 17.1 Å². The summed E-state index contributed by atoms with van der Waals surface area (Å²) in [5.41, 5.74) is 2.58. The Labute approximate surface area is 238 Å². The van der Waals surface area contributed by atoms with Gasteiger partial charge in [-0.3, -0.25) is 24.7 Å². The predicted octanol–water partition coefficient (Wildman–Crippen LogP) is 4.65. The van der Waals surface area contributed by atoms with E-state index in [1.54, 1.807) is 16.8 Å². The molecule has 5 rings (SSSR count). The Hall–Kier alpha value is -3.87. The minimum Gasteiger partial charge on any atom is -0.379 e. The molecule has 40 heavy (non-hydrogen) atoms. The molecule has 0 saturated heterocycles. The van der Waals surface area contributed by atoms with Gasteiger partial charge < -0.3 is 9.30 Å². The van der Waals surface area contributed by atoms with Crippen molar-refractivity contribution in [3.63, 3.8) is 0 Å². The predicted molar refractivity (Wildman–Crippen MR) is 157 cm³/mol. The lowest BCUT2D eigenvalue weighted by molar-refractivity contribution is 0.0748. The molecular formula is C28H29N7O3S2. The summed E-state index contributed by atoms with van der Waals surface area (Å²) >= 11 is 2.79. The van der Waals surface area contributed by atoms with Gasteiger partial charge in [0, 0.05) is 25.1 Å². The molecule has 2 N–H and O–H groups in total. The van der Waals surface area contributed by atoms with Crippen LogP contribution in [0.5, 0.6) is 0 Å². The quantitative estimate of drug-likeness (QED) is 0.107. The molecule has 0 bridgehead atoms. The molecule has 206 valence electrons. The molecule has 1 amide bonds. The molecule has 0 aliphatic heterocycles. The molecule has 4 heterocycles. The second kappa shape index (κ2) is 12.1. The number of pyridine rings is 2. The SMILES string of the molecule is Cc1cccn2c(=O)c3cc(C(=O)Nc4nnc(SCc5ccccc5)s4)c(=N)n(CCCOC(C)C)c3nc12. The smallest absolute Gasteiger partial charge is 0.267 e. The van der Waals surface area contributed by atoms with Crippen LogP contribution in [0.15, 0.2) is 63.9 Å². The Balaban J connectivity index is 1.47. The number of anilines is 1. The number of aryl methyl sites for hydroxylation is 2. The first-order valence-electron chi connectivity index (χ1n) is 12.8. The zero-order valence-electron chi connectivity index (χ0n) is 22.4. The lowest BCUT2D eigenvalue weighted by atomic mass is 10.2. The summed E-state index contributed by atoms with van der Waals surface area (Å²) in [5, 5.41) is 20.5. The van der Waals surface area contributed by atoms with Gasteiger partial charge >= 0.3 is 0 Å². The van der Waals surface area contributed by atoms with Crippen LogP contribution in [0.25, 0.3) is 16.7 Å². The van der Waals surface area contributed by atoms with Gasteiger partial charge in [0.1, 0.15) is 16.8 Å². The summed E-state index contributed by atoms with van der Waals surface area (Å²) in [6.45, 7) is 6.63. The van der Waals surface area contributed by atoms with Gasteiger partial charge in [0.2, 0.25) is 5.13 Å². The Morgan fingerprint density at radius 1 is 1.15 bits per heavy atom. The molecule has 10 nitrogen and oxygen atoms in total. The summed E-state index contributed by atoms with van der Waals surface area (Å²) < 4.78 is 9.48. The number of thioether (sulfide) groups is 1. The number of hydrogen-bond acceptors (Lipinski definition) is 9. The van der Waals surface area contributed by atoms with Gasteiger partial charge in [-0.2, -0.15) is 0 Å². The maximum absolute atomic E-state index is 13.5. The molecule has 0 aliphatic carbocycles. The molecule has 4 aromatic heterocycles. The number of nitrogens with zero attached hydrogens (tertiary/aromatic N) is 5. The zero-order chi connectivity index (χ0) is 28.2. The van der Waals surface area contributed by atoms with Gasteiger partial charge in [-0.15, -0.1) is 10.2 Å². The minimum absolute atomic E-state index is 0.0393. The number of amides is 1. The second-order valence-corrected chi connectivity index (χ2v) is 11.7. The van der Waals surface area contributed by atoms with Crippen molar-refractivity contribution in [2.24, 2.45) is 0 Å². The van der Waals surface area contributed by atoms with Gasteiger partial charge in [0.25, 0.3) is 11.5 Å². The van der Waals surface area contributed by atoms with Crippen molar-refractivity contribution < 1.29 is 9.53 Å². The fourth-order valence-corrected chi connectivity index (χ4v) is 5.93. The monoisotopic (exact) mass is 575 g/mol. The van der Waals surface area contributed by atoms with Crippen LogP contribution >= 0.6 is 23.1 Å². The highest BCUT2D eigenvalue weighted by Crippen LogP contribution is 2.28. The molecule has 0 spiro atoms. The summed E-state index contributed by atoms with van der Waals surface area (Å²) in [7, 11) is 0. The Morgan fingerprint density at radius 2 is 1.95 bits per heavy atom. The van der Waals surface area contributed by atoms with Crippen LogP contribution in [0.4, 0.5) is 5.13 Å². The maximum Gasteiger partial charge on any atom is 0.267 e. The van der Waals surface area contributed by atoms with Gasteiger partial charge in [-0.1, -0.05) is 59.5 Å². The van der Waals surface area contributed by atoms with E-state index in [2.05, 4.69) is 15.5 Å². The van der Waals surface area contributed by atoms with Crippen LogP contribution in [0.1, 0.15) is 41.8 Å². The molecular weight excluding hydrogens is 546 g/mol. The first-order chi connectivity index (χ1) is 19.3. The second-order valence-electron chi connectivity index (χ2n) is 9.47. The van der Waals surface area contributed by atoms with E-state index in [9.17, 15) is 9.59 Å². The van der Waals surface area contributed by atoms with Crippen molar-refractivity contribution in [3.05, 3.63) is 87.3 Å². The van der Waals surface area contributed by atoms with Crippen molar-refractivity contribution in [1.29, 1.82) is 5.41 Å². The molecule has 12 heteroatoms. The van der Waals surface area contributed by atoms with Gasteiger partial charge in [-0.05, 0) is 50.5 Å². The Kier molecular flexibility index (Phi) is 8.38. The fourth-order valence-electron chi connectivity index (χ4n) is 4.23. The zero-order valence-corrected chi connectivity index (χ0v) is 24.0. The number of carbonyl (C=O) groups is 1. The van der Waals surface area contributed by atoms with E-state index in [0.29, 0.717) is 40.3 Å². The van der Waals surface area contributed by atoms with Crippen molar-refractivity contribution in [1.82, 2.24) is 24.1 Å². The lowest BCUT2D eigenvalue weighted by Crippen LogP contribution is -2.32. The molecule has 0 fully saturated rings. The van der Waals surface area contributed by atoms with Crippen molar-refractivity contribution in [2.45, 2.75) is 49.9 Å². The van der Waals surface area contributed by atoms with Crippen LogP contribution in [-0.2, 0) is 17.0 Å². The molecule has 1 aromatic carbocycles. The number of benzene rings is 1. The maximum atomic E-state index is 13.5. The molecule has 0 atom stereocenters. The highest BCUT2D eigenvalue weighted by molar-refractivity contribution is 8.00. The summed E-state index contributed by atoms with van der Waals surface area (Å²) in [5.74, 6) is 0.194. The number of fused-ring (bicyclic) bond motifs is 2. The standard InChI is InChI=1S/C28H29N7O3S2/c1-17(2)38-14-8-13-34-22(29)20(15-21-24(34)30-23-18(3)9-7-12-35(23)26(21)37)25(36)31-27-32-33-28(40-27)39-16-19-10-5-4-6-11-19/h4-7,9-12,15,17,29H,8,13-14,16H2,1-3H3,(H,31,32,36). The van der Waals surface area contributed by atoms with Crippen LogP contribution in [0, 0.1) is 12.3 Å². The normalized spacial score (nSPS) is 11.5. The number of carbonyl (C=O) groups excluding carboxylic acids is 1. The number of rotatable bonds is 10. The van der Waals surface area contributed by atoms with E-state index >= 15 is 0 Å². The number of ether oxygens (including phenoxy) is 1. The first-order valence-corrected chi connectivity index (χ1v) is 14.7. The largest absolute Gasteiger partial charge is 0.379 e. The number of nitrogens with one attached hydrogen (secondary N) is 2. The highest BCUT2D eigenvalue weighted by atomic mass is 32.2. The number of hydrogen-bond donors (Lipinski definition) is 2. The van der Waals surface area contributed by atoms with E-state index in [4.69, 9.17) is 15.1 Å². The highest BCUT2D eigenvalue weighted by Gasteiger charge is 2.19. The summed E-state index contributed by atoms with van der Waals surface area (Å²) in [4.78, 5) is 31.7. The van der Waals surface area contributed by atoms with Gasteiger partial charge in [0.15, 0.2) is 4.34 Å². The average Bonchev–Trinajstić information content (AvgIpc) is 3.39. The molecule has 5 aromatic rings. The summed E-state index contributed by atoms with van der Waals surface area (Å²) in [6.07, 6.45) is 2.32. The third kappa shape index (κ3) is 5.98. The third-order valence-electron chi connectivity index (χ3n) is 6.19. The molecule has 0 radical (unpaired) electrons. The molecule has 0 aliphatic rings. The average molecular weight is 576 g/mol. The van der Waals surface area contributed by atoms with Crippen molar-refractivity contribution >= 4 is 50.8 Å². The van der Waals surface area contributed by atoms with Gasteiger partial charge in [-0.25, -0.2) is 4.98 Å². The van der Waals surface area contributed by atoms with Crippen LogP contribution in [0.3, 0.4) is 0 Å². The van der Waals surface area contributed by atoms with Crippen molar-refractivity contribution in [2.75, 3.05) is 11.9 Å². The Morgan fingerprint density at radius 3 is 2.73 bits per heavy atom. The topological polar surface area (TPSA) is 127 Å².